The van der Waals surface area contributed by atoms with E-state index in [2.05, 4.69) is 21.2 Å². The van der Waals surface area contributed by atoms with Crippen molar-refractivity contribution in [1.82, 2.24) is 0 Å². The molecule has 2 aromatic rings. The lowest BCUT2D eigenvalue weighted by Crippen LogP contribution is -2.13. The first kappa shape index (κ1) is 19.3. The number of carbonyl (C=O) groups excluding carboxylic acids is 1. The Labute approximate surface area is 164 Å². The number of nitrogens with one attached hydrogen (secondary N) is 1. The molecule has 0 heterocycles. The molecule has 0 bridgehead atoms. The second-order valence-corrected chi connectivity index (χ2v) is 6.58. The number of halogens is 3. The molecule has 1 amide bonds. The summed E-state index contributed by atoms with van der Waals surface area (Å²) < 4.78 is 6.08. The van der Waals surface area contributed by atoms with Crippen LogP contribution in [-0.4, -0.2) is 12.5 Å². The molecule has 2 rings (SSSR count). The van der Waals surface area contributed by atoms with Crippen LogP contribution >= 0.6 is 39.1 Å². The number of nitriles is 1. The predicted molar refractivity (Wildman–Crippen MR) is 104 cm³/mol. The molecule has 25 heavy (non-hydrogen) atoms. The van der Waals surface area contributed by atoms with Gasteiger partial charge in [0.15, 0.2) is 5.75 Å². The number of rotatable bonds is 5. The van der Waals surface area contributed by atoms with Gasteiger partial charge in [0.1, 0.15) is 11.6 Å². The van der Waals surface area contributed by atoms with E-state index in [9.17, 15) is 10.1 Å². The van der Waals surface area contributed by atoms with Crippen LogP contribution in [0.5, 0.6) is 5.75 Å². The Kier molecular flexibility index (Phi) is 6.89. The molecule has 0 aliphatic rings. The standard InChI is InChI=1S/C18H13BrCl2N2O2/c1-2-25-17-15(19)8-11(9-16(17)21)7-12(10-22)18(24)23-14-5-3-13(20)4-6-14/h3-9H,2H2,1H3,(H,23,24)/b12-7-. The van der Waals surface area contributed by atoms with Crippen LogP contribution in [0, 0.1) is 11.3 Å². The van der Waals surface area contributed by atoms with Crippen LogP contribution in [0.15, 0.2) is 46.4 Å². The van der Waals surface area contributed by atoms with E-state index in [1.165, 1.54) is 6.08 Å². The normalized spacial score (nSPS) is 10.9. The lowest BCUT2D eigenvalue weighted by atomic mass is 10.1. The maximum atomic E-state index is 12.3. The molecule has 0 unspecified atom stereocenters. The highest BCUT2D eigenvalue weighted by Crippen LogP contribution is 2.35. The average molecular weight is 440 g/mol. The van der Waals surface area contributed by atoms with Gasteiger partial charge in [-0.3, -0.25) is 4.79 Å². The van der Waals surface area contributed by atoms with E-state index < -0.39 is 5.91 Å². The molecule has 0 aliphatic carbocycles. The number of ether oxygens (including phenoxy) is 1. The summed E-state index contributed by atoms with van der Waals surface area (Å²) in [6, 6.07) is 11.9. The van der Waals surface area contributed by atoms with E-state index in [0.29, 0.717) is 38.1 Å². The molecule has 0 aromatic heterocycles. The minimum atomic E-state index is -0.522. The zero-order valence-corrected chi connectivity index (χ0v) is 16.2. The van der Waals surface area contributed by atoms with Crippen LogP contribution in [0.3, 0.4) is 0 Å². The monoisotopic (exact) mass is 438 g/mol. The van der Waals surface area contributed by atoms with Crippen molar-refractivity contribution in [3.63, 3.8) is 0 Å². The lowest BCUT2D eigenvalue weighted by molar-refractivity contribution is -0.112. The van der Waals surface area contributed by atoms with Gasteiger partial charge < -0.3 is 10.1 Å². The smallest absolute Gasteiger partial charge is 0.266 e. The number of benzene rings is 2. The molecule has 0 spiro atoms. The Bertz CT molecular complexity index is 835. The summed E-state index contributed by atoms with van der Waals surface area (Å²) in [5.74, 6) is -0.00334. The highest BCUT2D eigenvalue weighted by atomic mass is 79.9. The van der Waals surface area contributed by atoms with Gasteiger partial charge in [-0.1, -0.05) is 23.2 Å². The fourth-order valence-electron chi connectivity index (χ4n) is 1.99. The van der Waals surface area contributed by atoms with Gasteiger partial charge in [-0.25, -0.2) is 0 Å². The van der Waals surface area contributed by atoms with Crippen molar-refractivity contribution in [2.75, 3.05) is 11.9 Å². The van der Waals surface area contributed by atoms with Crippen molar-refractivity contribution in [1.29, 1.82) is 5.26 Å². The largest absolute Gasteiger partial charge is 0.491 e. The summed E-state index contributed by atoms with van der Waals surface area (Å²) in [7, 11) is 0. The molecule has 0 fully saturated rings. The van der Waals surface area contributed by atoms with Gasteiger partial charge in [-0.15, -0.1) is 0 Å². The molecule has 2 aromatic carbocycles. The fourth-order valence-corrected chi connectivity index (χ4v) is 3.11. The topological polar surface area (TPSA) is 62.1 Å². The first-order chi connectivity index (χ1) is 11.9. The molecule has 0 saturated heterocycles. The zero-order chi connectivity index (χ0) is 18.4. The number of anilines is 1. The molecule has 1 N–H and O–H groups in total. The van der Waals surface area contributed by atoms with Crippen molar-refractivity contribution in [2.45, 2.75) is 6.92 Å². The summed E-state index contributed by atoms with van der Waals surface area (Å²) in [5, 5.41) is 12.9. The second-order valence-electron chi connectivity index (χ2n) is 4.88. The number of hydrogen-bond donors (Lipinski definition) is 1. The Balaban J connectivity index is 2.26. The van der Waals surface area contributed by atoms with Gasteiger partial charge in [-0.05, 0) is 70.9 Å². The highest BCUT2D eigenvalue weighted by Gasteiger charge is 2.12. The molecule has 128 valence electrons. The van der Waals surface area contributed by atoms with E-state index in [1.807, 2.05) is 13.0 Å². The maximum absolute atomic E-state index is 12.3. The molecule has 0 atom stereocenters. The summed E-state index contributed by atoms with van der Waals surface area (Å²) in [6.45, 7) is 2.33. The van der Waals surface area contributed by atoms with Crippen molar-refractivity contribution >= 4 is 56.8 Å². The highest BCUT2D eigenvalue weighted by molar-refractivity contribution is 9.10. The molecular weight excluding hydrogens is 427 g/mol. The number of nitrogens with zero attached hydrogens (tertiary/aromatic N) is 1. The molecule has 0 aliphatic heterocycles. The maximum Gasteiger partial charge on any atom is 0.266 e. The number of amides is 1. The third-order valence-electron chi connectivity index (χ3n) is 3.09. The Morgan fingerprint density at radius 3 is 2.56 bits per heavy atom. The Hall–Kier alpha value is -2.00. The molecule has 4 nitrogen and oxygen atoms in total. The summed E-state index contributed by atoms with van der Waals surface area (Å²) in [4.78, 5) is 12.3. The quantitative estimate of drug-likeness (QED) is 0.480. The van der Waals surface area contributed by atoms with Crippen LogP contribution in [0.1, 0.15) is 12.5 Å². The van der Waals surface area contributed by atoms with Crippen molar-refractivity contribution in [3.8, 4) is 11.8 Å². The van der Waals surface area contributed by atoms with Gasteiger partial charge in [-0.2, -0.15) is 5.26 Å². The molecule has 7 heteroatoms. The van der Waals surface area contributed by atoms with Crippen LogP contribution < -0.4 is 10.1 Å². The van der Waals surface area contributed by atoms with Crippen LogP contribution in [-0.2, 0) is 4.79 Å². The predicted octanol–water partition coefficient (Wildman–Crippen LogP) is 5.70. The Morgan fingerprint density at radius 1 is 1.32 bits per heavy atom. The van der Waals surface area contributed by atoms with E-state index in [4.69, 9.17) is 27.9 Å². The van der Waals surface area contributed by atoms with Gasteiger partial charge >= 0.3 is 0 Å². The third-order valence-corrected chi connectivity index (χ3v) is 4.21. The van der Waals surface area contributed by atoms with Gasteiger partial charge in [0.2, 0.25) is 0 Å². The lowest BCUT2D eigenvalue weighted by Gasteiger charge is -2.09. The number of hydrogen-bond acceptors (Lipinski definition) is 3. The van der Waals surface area contributed by atoms with Crippen molar-refractivity contribution in [3.05, 3.63) is 62.1 Å². The zero-order valence-electron chi connectivity index (χ0n) is 13.1. The van der Waals surface area contributed by atoms with Gasteiger partial charge in [0, 0.05) is 10.7 Å². The summed E-state index contributed by atoms with van der Waals surface area (Å²) >= 11 is 15.4. The summed E-state index contributed by atoms with van der Waals surface area (Å²) in [5.41, 5.74) is 1.09. The molecule has 0 saturated carbocycles. The van der Waals surface area contributed by atoms with Crippen molar-refractivity contribution < 1.29 is 9.53 Å². The second kappa shape index (κ2) is 8.91. The van der Waals surface area contributed by atoms with Crippen LogP contribution in [0.25, 0.3) is 6.08 Å². The minimum Gasteiger partial charge on any atom is -0.491 e. The van der Waals surface area contributed by atoms with E-state index in [0.717, 1.165) is 0 Å². The van der Waals surface area contributed by atoms with Crippen LogP contribution in [0.4, 0.5) is 5.69 Å². The first-order valence-electron chi connectivity index (χ1n) is 7.25. The Morgan fingerprint density at radius 2 is 2.00 bits per heavy atom. The minimum absolute atomic E-state index is 0.0536. The van der Waals surface area contributed by atoms with E-state index >= 15 is 0 Å². The summed E-state index contributed by atoms with van der Waals surface area (Å²) in [6.07, 6.45) is 1.46. The van der Waals surface area contributed by atoms with Gasteiger partial charge in [0.05, 0.1) is 16.1 Å². The van der Waals surface area contributed by atoms with Crippen molar-refractivity contribution in [2.24, 2.45) is 0 Å². The van der Waals surface area contributed by atoms with E-state index in [1.54, 1.807) is 36.4 Å². The SMILES string of the molecule is CCOc1c(Cl)cc(/C=C(/C#N)C(=O)Nc2ccc(Cl)cc2)cc1Br. The third kappa shape index (κ3) is 5.23. The van der Waals surface area contributed by atoms with Gasteiger partial charge in [0.25, 0.3) is 5.91 Å². The van der Waals surface area contributed by atoms with E-state index in [-0.39, 0.29) is 5.57 Å². The molecule has 0 radical (unpaired) electrons. The van der Waals surface area contributed by atoms with Crippen LogP contribution in [0.2, 0.25) is 10.0 Å². The molecular formula is C18H13BrCl2N2O2. The fraction of sp³-hybridized carbons (Fsp3) is 0.111. The number of carbonyl (C=O) groups is 1. The average Bonchev–Trinajstić information content (AvgIpc) is 2.58. The first-order valence-corrected chi connectivity index (χ1v) is 8.80.